The van der Waals surface area contributed by atoms with Crippen LogP contribution in [0.2, 0.25) is 0 Å². The molecule has 5 heteroatoms. The maximum absolute atomic E-state index is 5.61. The van der Waals surface area contributed by atoms with E-state index in [1.807, 2.05) is 13.2 Å². The average molecular weight is 203 g/mol. The van der Waals surface area contributed by atoms with E-state index in [0.29, 0.717) is 11.9 Å². The highest BCUT2D eigenvalue weighted by atomic mass is 35.5. The van der Waals surface area contributed by atoms with E-state index in [0.717, 1.165) is 18.7 Å². The van der Waals surface area contributed by atoms with Gasteiger partial charge in [-0.2, -0.15) is 0 Å². The largest absolute Gasteiger partial charge is 0.308 e. The molecule has 4 nitrogen and oxygen atoms in total. The lowest BCUT2D eigenvalue weighted by Gasteiger charge is -2.09. The van der Waals surface area contributed by atoms with Gasteiger partial charge in [0.05, 0.1) is 5.69 Å². The molecule has 0 aromatic carbocycles. The van der Waals surface area contributed by atoms with Gasteiger partial charge in [0, 0.05) is 31.7 Å². The monoisotopic (exact) mass is 202 g/mol. The van der Waals surface area contributed by atoms with Gasteiger partial charge in [0.25, 0.3) is 0 Å². The molecule has 1 unspecified atom stereocenters. The molecule has 0 aliphatic carbocycles. The van der Waals surface area contributed by atoms with Crippen molar-refractivity contribution < 1.29 is 0 Å². The Kier molecular flexibility index (Phi) is 4.18. The summed E-state index contributed by atoms with van der Waals surface area (Å²) in [6.07, 6.45) is 2.88. The van der Waals surface area contributed by atoms with Gasteiger partial charge in [-0.25, -0.2) is 0 Å². The zero-order valence-corrected chi connectivity index (χ0v) is 8.75. The van der Waals surface area contributed by atoms with Gasteiger partial charge in [-0.15, -0.1) is 16.7 Å². The third-order valence-corrected chi connectivity index (χ3v) is 2.04. The fraction of sp³-hybridized carbons (Fsp3) is 0.750. The maximum Gasteiger partial charge on any atom is 0.0964 e. The first-order chi connectivity index (χ1) is 6.22. The molecule has 1 heterocycles. The Morgan fingerprint density at radius 2 is 2.46 bits per heavy atom. The van der Waals surface area contributed by atoms with Crippen molar-refractivity contribution in [3.8, 4) is 0 Å². The Morgan fingerprint density at radius 1 is 1.69 bits per heavy atom. The van der Waals surface area contributed by atoms with Crippen molar-refractivity contribution in [1.82, 2.24) is 20.3 Å². The van der Waals surface area contributed by atoms with Gasteiger partial charge in [-0.3, -0.25) is 4.68 Å². The number of alkyl halides is 1. The molecule has 1 atom stereocenters. The molecule has 0 fully saturated rings. The first-order valence-electron chi connectivity index (χ1n) is 4.37. The van der Waals surface area contributed by atoms with Crippen LogP contribution in [0.4, 0.5) is 0 Å². The molecule has 0 saturated carbocycles. The summed E-state index contributed by atoms with van der Waals surface area (Å²) in [5, 5.41) is 11.1. The third kappa shape index (κ3) is 3.74. The highest BCUT2D eigenvalue weighted by Gasteiger charge is 2.02. The predicted octanol–water partition coefficient (Wildman–Crippen LogP) is 0.922. The van der Waals surface area contributed by atoms with Crippen LogP contribution < -0.4 is 5.32 Å². The quantitative estimate of drug-likeness (QED) is 0.723. The van der Waals surface area contributed by atoms with Gasteiger partial charge >= 0.3 is 0 Å². The van der Waals surface area contributed by atoms with Crippen molar-refractivity contribution in [2.24, 2.45) is 7.05 Å². The summed E-state index contributed by atoms with van der Waals surface area (Å²) in [7, 11) is 1.86. The van der Waals surface area contributed by atoms with Crippen molar-refractivity contribution in [1.29, 1.82) is 0 Å². The lowest BCUT2D eigenvalue weighted by Crippen LogP contribution is -2.25. The Morgan fingerprint density at radius 3 is 3.00 bits per heavy atom. The van der Waals surface area contributed by atoms with Crippen LogP contribution in [0.15, 0.2) is 6.20 Å². The zero-order valence-electron chi connectivity index (χ0n) is 8.00. The first kappa shape index (κ1) is 10.5. The molecule has 74 valence electrons. The molecular weight excluding hydrogens is 188 g/mol. The van der Waals surface area contributed by atoms with Crippen molar-refractivity contribution in [3.63, 3.8) is 0 Å². The highest BCUT2D eigenvalue weighted by molar-refractivity contribution is 6.17. The van der Waals surface area contributed by atoms with Crippen molar-refractivity contribution in [2.45, 2.75) is 25.9 Å². The van der Waals surface area contributed by atoms with Gasteiger partial charge in [0.15, 0.2) is 0 Å². The molecular formula is C8H15ClN4. The number of nitrogens with one attached hydrogen (secondary N) is 1. The van der Waals surface area contributed by atoms with E-state index >= 15 is 0 Å². The molecule has 1 aromatic heterocycles. The number of hydrogen-bond donors (Lipinski definition) is 1. The minimum atomic E-state index is 0.430. The van der Waals surface area contributed by atoms with Crippen LogP contribution in [-0.2, 0) is 13.6 Å². The number of halogens is 1. The Labute approximate surface area is 83.3 Å². The van der Waals surface area contributed by atoms with E-state index < -0.39 is 0 Å². The minimum Gasteiger partial charge on any atom is -0.308 e. The number of hydrogen-bond acceptors (Lipinski definition) is 3. The molecule has 1 N–H and O–H groups in total. The lowest BCUT2D eigenvalue weighted by molar-refractivity contribution is 0.531. The number of aryl methyl sites for hydroxylation is 1. The number of nitrogens with zero attached hydrogens (tertiary/aromatic N) is 3. The summed E-state index contributed by atoms with van der Waals surface area (Å²) < 4.78 is 1.70. The summed E-state index contributed by atoms with van der Waals surface area (Å²) in [5.74, 6) is 0.689. The van der Waals surface area contributed by atoms with Crippen LogP contribution in [0.25, 0.3) is 0 Å². The first-order valence-corrected chi connectivity index (χ1v) is 4.90. The summed E-state index contributed by atoms with van der Waals surface area (Å²) in [6.45, 7) is 2.87. The lowest BCUT2D eigenvalue weighted by atomic mass is 10.2. The Hall–Kier alpha value is -0.610. The van der Waals surface area contributed by atoms with Gasteiger partial charge in [-0.05, 0) is 13.3 Å². The van der Waals surface area contributed by atoms with Gasteiger partial charge in [0.1, 0.15) is 0 Å². The van der Waals surface area contributed by atoms with Crippen LogP contribution in [0.1, 0.15) is 19.0 Å². The van der Waals surface area contributed by atoms with E-state index in [4.69, 9.17) is 11.6 Å². The van der Waals surface area contributed by atoms with Crippen molar-refractivity contribution >= 4 is 11.6 Å². The highest BCUT2D eigenvalue weighted by Crippen LogP contribution is 1.96. The molecule has 0 bridgehead atoms. The smallest absolute Gasteiger partial charge is 0.0964 e. The molecule has 0 spiro atoms. The van der Waals surface area contributed by atoms with Gasteiger partial charge in [0.2, 0.25) is 0 Å². The van der Waals surface area contributed by atoms with Crippen LogP contribution in [0.3, 0.4) is 0 Å². The van der Waals surface area contributed by atoms with E-state index in [1.54, 1.807) is 4.68 Å². The van der Waals surface area contributed by atoms with E-state index in [-0.39, 0.29) is 0 Å². The topological polar surface area (TPSA) is 42.7 Å². The second-order valence-corrected chi connectivity index (χ2v) is 3.52. The van der Waals surface area contributed by atoms with E-state index in [2.05, 4.69) is 22.6 Å². The second-order valence-electron chi connectivity index (χ2n) is 3.14. The maximum atomic E-state index is 5.61. The predicted molar refractivity (Wildman–Crippen MR) is 52.6 cm³/mol. The van der Waals surface area contributed by atoms with Crippen LogP contribution in [0.5, 0.6) is 0 Å². The number of aromatic nitrogens is 3. The van der Waals surface area contributed by atoms with E-state index in [1.165, 1.54) is 0 Å². The second kappa shape index (κ2) is 5.19. The average Bonchev–Trinajstić information content (AvgIpc) is 2.49. The summed E-state index contributed by atoms with van der Waals surface area (Å²) >= 11 is 5.61. The molecule has 0 radical (unpaired) electrons. The molecule has 13 heavy (non-hydrogen) atoms. The summed E-state index contributed by atoms with van der Waals surface area (Å²) in [5.41, 5.74) is 0.962. The standard InChI is InChI=1S/C8H15ClN4/c1-7(3-4-9)10-5-8-6-13(2)12-11-8/h6-7,10H,3-5H2,1-2H3. The molecule has 0 amide bonds. The minimum absolute atomic E-state index is 0.430. The Balaban J connectivity index is 2.26. The molecule has 1 aromatic rings. The SMILES string of the molecule is CC(CCCl)NCc1cn(C)nn1. The fourth-order valence-corrected chi connectivity index (χ4v) is 1.35. The van der Waals surface area contributed by atoms with Crippen LogP contribution in [-0.4, -0.2) is 26.9 Å². The fourth-order valence-electron chi connectivity index (χ4n) is 1.02. The van der Waals surface area contributed by atoms with Gasteiger partial charge < -0.3 is 5.32 Å². The molecule has 1 rings (SSSR count). The molecule has 0 aliphatic heterocycles. The van der Waals surface area contributed by atoms with Crippen molar-refractivity contribution in [3.05, 3.63) is 11.9 Å². The third-order valence-electron chi connectivity index (χ3n) is 1.82. The van der Waals surface area contributed by atoms with E-state index in [9.17, 15) is 0 Å². The normalized spacial score (nSPS) is 13.2. The molecule has 0 aliphatic rings. The summed E-state index contributed by atoms with van der Waals surface area (Å²) in [6, 6.07) is 0.430. The Bertz CT molecular complexity index is 248. The molecule has 0 saturated heterocycles. The number of rotatable bonds is 5. The van der Waals surface area contributed by atoms with Crippen LogP contribution >= 0.6 is 11.6 Å². The van der Waals surface area contributed by atoms with Crippen LogP contribution in [0, 0.1) is 0 Å². The van der Waals surface area contributed by atoms with Gasteiger partial charge in [-0.1, -0.05) is 5.21 Å². The zero-order chi connectivity index (χ0) is 9.68. The summed E-state index contributed by atoms with van der Waals surface area (Å²) in [4.78, 5) is 0. The van der Waals surface area contributed by atoms with Crippen molar-refractivity contribution in [2.75, 3.05) is 5.88 Å².